The van der Waals surface area contributed by atoms with Gasteiger partial charge in [-0.15, -0.1) is 0 Å². The maximum absolute atomic E-state index is 12.6. The van der Waals surface area contributed by atoms with Crippen LogP contribution in [0.15, 0.2) is 60.7 Å². The number of nitrogens with one attached hydrogen (secondary N) is 1. The van der Waals surface area contributed by atoms with Gasteiger partial charge in [-0.2, -0.15) is 0 Å². The molecule has 5 nitrogen and oxygen atoms in total. The van der Waals surface area contributed by atoms with Crippen LogP contribution in [0.1, 0.15) is 33.0 Å². The molecular weight excluding hydrogens is 336 g/mol. The van der Waals surface area contributed by atoms with E-state index < -0.39 is 0 Å². The van der Waals surface area contributed by atoms with Gasteiger partial charge in [-0.05, 0) is 25.0 Å². The molecule has 0 saturated heterocycles. The second-order valence-electron chi connectivity index (χ2n) is 6.67. The molecule has 0 bridgehead atoms. The summed E-state index contributed by atoms with van der Waals surface area (Å²) >= 11 is 0. The number of aromatic nitrogens is 2. The van der Waals surface area contributed by atoms with Gasteiger partial charge in [0, 0.05) is 26.2 Å². The van der Waals surface area contributed by atoms with Crippen LogP contribution in [0.4, 0.5) is 5.82 Å². The van der Waals surface area contributed by atoms with Gasteiger partial charge in [0.15, 0.2) is 0 Å². The highest BCUT2D eigenvalue weighted by molar-refractivity contribution is 5.92. The van der Waals surface area contributed by atoms with Gasteiger partial charge >= 0.3 is 0 Å². The normalized spacial score (nSPS) is 10.5. The topological polar surface area (TPSA) is 58.1 Å². The Balaban J connectivity index is 1.70. The number of hydrogen-bond donors (Lipinski definition) is 1. The van der Waals surface area contributed by atoms with E-state index in [1.54, 1.807) is 13.0 Å². The molecule has 1 N–H and O–H groups in total. The maximum atomic E-state index is 12.6. The molecule has 3 aromatic rings. The Hall–Kier alpha value is -3.21. The third kappa shape index (κ3) is 5.14. The summed E-state index contributed by atoms with van der Waals surface area (Å²) in [6.07, 6.45) is 0. The highest BCUT2D eigenvalue weighted by Gasteiger charge is 2.13. The molecule has 0 unspecified atom stereocenters. The summed E-state index contributed by atoms with van der Waals surface area (Å²) < 4.78 is 0. The van der Waals surface area contributed by atoms with Crippen molar-refractivity contribution in [2.45, 2.75) is 26.9 Å². The quantitative estimate of drug-likeness (QED) is 0.729. The predicted octanol–water partition coefficient (Wildman–Crippen LogP) is 3.66. The SMILES string of the molecule is Cc1ccc(CNC(=O)c2cc(N(C)Cc3ccccc3)nc(C)n2)cc1. The van der Waals surface area contributed by atoms with Crippen LogP contribution in [0.25, 0.3) is 0 Å². The number of carbonyl (C=O) groups is 1. The number of rotatable bonds is 6. The average Bonchev–Trinajstić information content (AvgIpc) is 2.67. The lowest BCUT2D eigenvalue weighted by molar-refractivity contribution is 0.0945. The van der Waals surface area contributed by atoms with Crippen LogP contribution in [0.2, 0.25) is 0 Å². The van der Waals surface area contributed by atoms with Crippen molar-refractivity contribution in [3.05, 3.63) is 88.9 Å². The lowest BCUT2D eigenvalue weighted by atomic mass is 10.1. The molecule has 0 saturated carbocycles. The Kier molecular flexibility index (Phi) is 5.81. The van der Waals surface area contributed by atoms with E-state index in [4.69, 9.17) is 0 Å². The minimum absolute atomic E-state index is 0.199. The zero-order chi connectivity index (χ0) is 19.2. The van der Waals surface area contributed by atoms with Gasteiger partial charge in [-0.25, -0.2) is 9.97 Å². The lowest BCUT2D eigenvalue weighted by Gasteiger charge is -2.19. The van der Waals surface area contributed by atoms with E-state index in [0.29, 0.717) is 24.6 Å². The standard InChI is InChI=1S/C22H24N4O/c1-16-9-11-18(12-10-16)14-23-22(27)20-13-21(25-17(2)24-20)26(3)15-19-7-5-4-6-8-19/h4-13H,14-15H2,1-3H3,(H,23,27). The summed E-state index contributed by atoms with van der Waals surface area (Å²) in [5.74, 6) is 1.11. The van der Waals surface area contributed by atoms with Crippen LogP contribution >= 0.6 is 0 Å². The summed E-state index contributed by atoms with van der Waals surface area (Å²) in [7, 11) is 1.96. The molecule has 138 valence electrons. The summed E-state index contributed by atoms with van der Waals surface area (Å²) in [5, 5.41) is 2.93. The van der Waals surface area contributed by atoms with E-state index in [2.05, 4.69) is 27.4 Å². The number of anilines is 1. The first kappa shape index (κ1) is 18.6. The molecule has 0 aliphatic carbocycles. The van der Waals surface area contributed by atoms with Crippen LogP contribution in [-0.2, 0) is 13.1 Å². The predicted molar refractivity (Wildman–Crippen MR) is 108 cm³/mol. The number of nitrogens with zero attached hydrogens (tertiary/aromatic N) is 3. The fourth-order valence-corrected chi connectivity index (χ4v) is 2.78. The Bertz CT molecular complexity index is 907. The molecule has 0 atom stereocenters. The van der Waals surface area contributed by atoms with Crippen molar-refractivity contribution in [1.82, 2.24) is 15.3 Å². The van der Waals surface area contributed by atoms with E-state index >= 15 is 0 Å². The van der Waals surface area contributed by atoms with Crippen LogP contribution in [0, 0.1) is 13.8 Å². The van der Waals surface area contributed by atoms with Gasteiger partial charge in [0.1, 0.15) is 17.3 Å². The fourth-order valence-electron chi connectivity index (χ4n) is 2.78. The van der Waals surface area contributed by atoms with Crippen molar-refractivity contribution in [2.24, 2.45) is 0 Å². The van der Waals surface area contributed by atoms with Crippen molar-refractivity contribution in [2.75, 3.05) is 11.9 Å². The van der Waals surface area contributed by atoms with Crippen LogP contribution in [-0.4, -0.2) is 22.9 Å². The minimum Gasteiger partial charge on any atom is -0.355 e. The van der Waals surface area contributed by atoms with Crippen molar-refractivity contribution in [1.29, 1.82) is 0 Å². The molecule has 5 heteroatoms. The van der Waals surface area contributed by atoms with Crippen LogP contribution in [0.3, 0.4) is 0 Å². The average molecular weight is 360 g/mol. The number of aryl methyl sites for hydroxylation is 2. The molecular formula is C22H24N4O. The van der Waals surface area contributed by atoms with Crippen LogP contribution in [0.5, 0.6) is 0 Å². The van der Waals surface area contributed by atoms with Crippen molar-refractivity contribution >= 4 is 11.7 Å². The third-order valence-corrected chi connectivity index (χ3v) is 4.28. The van der Waals surface area contributed by atoms with Crippen molar-refractivity contribution in [3.63, 3.8) is 0 Å². The first-order valence-electron chi connectivity index (χ1n) is 8.96. The highest BCUT2D eigenvalue weighted by atomic mass is 16.1. The lowest BCUT2D eigenvalue weighted by Crippen LogP contribution is -2.25. The Morgan fingerprint density at radius 2 is 1.67 bits per heavy atom. The number of amides is 1. The molecule has 1 aromatic heterocycles. The number of benzene rings is 2. The Morgan fingerprint density at radius 3 is 2.37 bits per heavy atom. The summed E-state index contributed by atoms with van der Waals surface area (Å²) in [5.41, 5.74) is 3.81. The molecule has 0 fully saturated rings. The van der Waals surface area contributed by atoms with Crippen molar-refractivity contribution in [3.8, 4) is 0 Å². The Morgan fingerprint density at radius 1 is 0.963 bits per heavy atom. The highest BCUT2D eigenvalue weighted by Crippen LogP contribution is 2.15. The monoisotopic (exact) mass is 360 g/mol. The van der Waals surface area contributed by atoms with Gasteiger partial charge in [-0.3, -0.25) is 4.79 Å². The molecule has 0 aliphatic heterocycles. The van der Waals surface area contributed by atoms with Gasteiger partial charge in [-0.1, -0.05) is 60.2 Å². The fraction of sp³-hybridized carbons (Fsp3) is 0.227. The second-order valence-corrected chi connectivity index (χ2v) is 6.67. The van der Waals surface area contributed by atoms with E-state index in [1.807, 2.05) is 61.3 Å². The third-order valence-electron chi connectivity index (χ3n) is 4.28. The summed E-state index contributed by atoms with van der Waals surface area (Å²) in [6.45, 7) is 5.02. The number of hydrogen-bond acceptors (Lipinski definition) is 4. The zero-order valence-electron chi connectivity index (χ0n) is 15.9. The summed E-state index contributed by atoms with van der Waals surface area (Å²) in [4.78, 5) is 23.3. The van der Waals surface area contributed by atoms with Crippen molar-refractivity contribution < 1.29 is 4.79 Å². The molecule has 3 rings (SSSR count). The molecule has 0 aliphatic rings. The van der Waals surface area contributed by atoms with Gasteiger partial charge in [0.25, 0.3) is 5.91 Å². The molecule has 0 radical (unpaired) electrons. The minimum atomic E-state index is -0.199. The van der Waals surface area contributed by atoms with E-state index in [-0.39, 0.29) is 5.91 Å². The van der Waals surface area contributed by atoms with E-state index in [0.717, 1.165) is 11.4 Å². The number of carbonyl (C=O) groups excluding carboxylic acids is 1. The van der Waals surface area contributed by atoms with E-state index in [1.165, 1.54) is 11.1 Å². The first-order chi connectivity index (χ1) is 13.0. The molecule has 1 heterocycles. The second kappa shape index (κ2) is 8.45. The van der Waals surface area contributed by atoms with Gasteiger partial charge in [0.05, 0.1) is 0 Å². The Labute approximate surface area is 160 Å². The molecule has 0 spiro atoms. The van der Waals surface area contributed by atoms with Gasteiger partial charge in [0.2, 0.25) is 0 Å². The summed E-state index contributed by atoms with van der Waals surface area (Å²) in [6, 6.07) is 20.0. The first-order valence-corrected chi connectivity index (χ1v) is 8.96. The maximum Gasteiger partial charge on any atom is 0.270 e. The molecule has 27 heavy (non-hydrogen) atoms. The molecule has 1 amide bonds. The zero-order valence-corrected chi connectivity index (χ0v) is 15.9. The van der Waals surface area contributed by atoms with E-state index in [9.17, 15) is 4.79 Å². The van der Waals surface area contributed by atoms with Crippen LogP contribution < -0.4 is 10.2 Å². The largest absolute Gasteiger partial charge is 0.355 e. The molecule has 2 aromatic carbocycles. The van der Waals surface area contributed by atoms with Gasteiger partial charge < -0.3 is 10.2 Å². The smallest absolute Gasteiger partial charge is 0.270 e.